The lowest BCUT2D eigenvalue weighted by Crippen LogP contribution is -2.52. The first kappa shape index (κ1) is 23.5. The van der Waals surface area contributed by atoms with Gasteiger partial charge in [0.1, 0.15) is 23.7 Å². The summed E-state index contributed by atoms with van der Waals surface area (Å²) in [7, 11) is 1.60. The van der Waals surface area contributed by atoms with Gasteiger partial charge in [0.25, 0.3) is 5.91 Å². The Balaban J connectivity index is 1.32. The topological polar surface area (TPSA) is 82.2 Å². The van der Waals surface area contributed by atoms with E-state index >= 15 is 0 Å². The Morgan fingerprint density at radius 3 is 2.38 bits per heavy atom. The highest BCUT2D eigenvalue weighted by Crippen LogP contribution is 2.25. The molecule has 0 unspecified atom stereocenters. The summed E-state index contributed by atoms with van der Waals surface area (Å²) in [5, 5.41) is 2.76. The summed E-state index contributed by atoms with van der Waals surface area (Å²) in [6.45, 7) is 3.13. The van der Waals surface area contributed by atoms with Crippen molar-refractivity contribution in [2.24, 2.45) is 0 Å². The summed E-state index contributed by atoms with van der Waals surface area (Å²) in [5.41, 5.74) is 0.462. The van der Waals surface area contributed by atoms with Crippen LogP contribution in [0.4, 0.5) is 14.9 Å². The number of imide groups is 1. The number of carbonyl (C=O) groups is 3. The molecule has 8 nitrogen and oxygen atoms in total. The van der Waals surface area contributed by atoms with Crippen molar-refractivity contribution in [3.05, 3.63) is 59.9 Å². The van der Waals surface area contributed by atoms with Crippen LogP contribution in [-0.2, 0) is 16.0 Å². The smallest absolute Gasteiger partial charge is 0.325 e. The number of ether oxygens (including phenoxy) is 1. The number of piperazine rings is 1. The first-order valence-corrected chi connectivity index (χ1v) is 11.3. The van der Waals surface area contributed by atoms with Gasteiger partial charge in [0.05, 0.1) is 12.8 Å². The normalized spacial score (nSPS) is 20.5. The number of urea groups is 1. The lowest BCUT2D eigenvalue weighted by atomic mass is 9.93. The molecule has 4 amide bonds. The molecule has 34 heavy (non-hydrogen) atoms. The standard InChI is InChI=1S/C25H29FN4O4/c1-25(12-11-18-7-9-19(34-2)10-8-18)23(32)30(24(33)27-25)17-22(31)29-15-13-28(14-16-29)21-6-4-3-5-20(21)26/h3-10H,11-17H2,1-2H3,(H,27,33)/t25-/m0/s1. The molecular formula is C25H29FN4O4. The summed E-state index contributed by atoms with van der Waals surface area (Å²) >= 11 is 0. The van der Waals surface area contributed by atoms with Crippen LogP contribution in [0.25, 0.3) is 0 Å². The Morgan fingerprint density at radius 1 is 1.06 bits per heavy atom. The summed E-state index contributed by atoms with van der Waals surface area (Å²) in [5.74, 6) is -0.240. The molecule has 0 spiro atoms. The number of benzene rings is 2. The molecule has 180 valence electrons. The number of anilines is 1. The molecule has 1 N–H and O–H groups in total. The third-order valence-corrected chi connectivity index (χ3v) is 6.54. The van der Waals surface area contributed by atoms with Gasteiger partial charge in [0, 0.05) is 26.2 Å². The molecule has 4 rings (SSSR count). The van der Waals surface area contributed by atoms with Crippen molar-refractivity contribution in [1.82, 2.24) is 15.1 Å². The van der Waals surface area contributed by atoms with Crippen LogP contribution in [0.3, 0.4) is 0 Å². The van der Waals surface area contributed by atoms with Crippen molar-refractivity contribution < 1.29 is 23.5 Å². The van der Waals surface area contributed by atoms with Crippen LogP contribution in [0.15, 0.2) is 48.5 Å². The molecular weight excluding hydrogens is 439 g/mol. The number of aryl methyl sites for hydroxylation is 1. The molecule has 2 aliphatic heterocycles. The third kappa shape index (κ3) is 4.83. The van der Waals surface area contributed by atoms with E-state index in [-0.39, 0.29) is 18.3 Å². The van der Waals surface area contributed by atoms with Gasteiger partial charge in [-0.25, -0.2) is 9.18 Å². The van der Waals surface area contributed by atoms with Gasteiger partial charge in [0.2, 0.25) is 5.91 Å². The average Bonchev–Trinajstić information content (AvgIpc) is 3.06. The van der Waals surface area contributed by atoms with E-state index in [0.29, 0.717) is 44.7 Å². The quantitative estimate of drug-likeness (QED) is 0.632. The molecule has 2 aromatic rings. The maximum atomic E-state index is 14.0. The van der Waals surface area contributed by atoms with Gasteiger partial charge in [-0.15, -0.1) is 0 Å². The van der Waals surface area contributed by atoms with E-state index in [1.54, 1.807) is 37.1 Å². The second-order valence-corrected chi connectivity index (χ2v) is 8.82. The third-order valence-electron chi connectivity index (χ3n) is 6.54. The largest absolute Gasteiger partial charge is 0.497 e. The number of methoxy groups -OCH3 is 1. The highest BCUT2D eigenvalue weighted by Gasteiger charge is 2.48. The predicted octanol–water partition coefficient (Wildman–Crippen LogP) is 2.43. The van der Waals surface area contributed by atoms with E-state index in [1.807, 2.05) is 29.2 Å². The number of hydrogen-bond donors (Lipinski definition) is 1. The number of hydrogen-bond acceptors (Lipinski definition) is 5. The highest BCUT2D eigenvalue weighted by molar-refractivity contribution is 6.08. The fourth-order valence-corrected chi connectivity index (χ4v) is 4.39. The lowest BCUT2D eigenvalue weighted by Gasteiger charge is -2.36. The number of nitrogens with one attached hydrogen (secondary N) is 1. The van der Waals surface area contributed by atoms with Crippen molar-refractivity contribution in [1.29, 1.82) is 0 Å². The fourth-order valence-electron chi connectivity index (χ4n) is 4.39. The van der Waals surface area contributed by atoms with Crippen LogP contribution in [0.5, 0.6) is 5.75 Å². The molecule has 9 heteroatoms. The predicted molar refractivity (Wildman–Crippen MR) is 125 cm³/mol. The lowest BCUT2D eigenvalue weighted by molar-refractivity contribution is -0.139. The van der Waals surface area contributed by atoms with Crippen molar-refractivity contribution in [2.45, 2.75) is 25.3 Å². The number of rotatable bonds is 7. The molecule has 2 aliphatic rings. The molecule has 0 bridgehead atoms. The maximum absolute atomic E-state index is 14.0. The Bertz CT molecular complexity index is 1070. The maximum Gasteiger partial charge on any atom is 0.325 e. The Labute approximate surface area is 198 Å². The van der Waals surface area contributed by atoms with Gasteiger partial charge >= 0.3 is 6.03 Å². The molecule has 2 fully saturated rings. The van der Waals surface area contributed by atoms with Gasteiger partial charge in [-0.2, -0.15) is 0 Å². The zero-order chi connectivity index (χ0) is 24.3. The summed E-state index contributed by atoms with van der Waals surface area (Å²) in [6.07, 6.45) is 1.00. The van der Waals surface area contributed by atoms with E-state index in [4.69, 9.17) is 4.74 Å². The van der Waals surface area contributed by atoms with Crippen molar-refractivity contribution in [2.75, 3.05) is 44.7 Å². The zero-order valence-corrected chi connectivity index (χ0v) is 19.4. The van der Waals surface area contributed by atoms with Crippen LogP contribution in [0.2, 0.25) is 0 Å². The summed E-state index contributed by atoms with van der Waals surface area (Å²) < 4.78 is 19.2. The number of amides is 4. The van der Waals surface area contributed by atoms with Gasteiger partial charge in [0.15, 0.2) is 0 Å². The van der Waals surface area contributed by atoms with Crippen molar-refractivity contribution >= 4 is 23.5 Å². The molecule has 1 atom stereocenters. The first-order valence-electron chi connectivity index (χ1n) is 11.3. The van der Waals surface area contributed by atoms with Gasteiger partial charge in [-0.05, 0) is 49.6 Å². The van der Waals surface area contributed by atoms with Crippen LogP contribution in [0.1, 0.15) is 18.9 Å². The Hall–Kier alpha value is -3.62. The SMILES string of the molecule is COc1ccc(CC[C@]2(C)NC(=O)N(CC(=O)N3CCN(c4ccccc4F)CC3)C2=O)cc1. The Kier molecular flexibility index (Phi) is 6.72. The van der Waals surface area contributed by atoms with Gasteiger partial charge < -0.3 is 19.9 Å². The van der Waals surface area contributed by atoms with E-state index < -0.39 is 17.5 Å². The highest BCUT2D eigenvalue weighted by atomic mass is 19.1. The molecule has 2 aromatic carbocycles. The number of para-hydroxylation sites is 1. The second-order valence-electron chi connectivity index (χ2n) is 8.82. The molecule has 0 aromatic heterocycles. The van der Waals surface area contributed by atoms with Crippen LogP contribution in [-0.4, -0.2) is 73.0 Å². The van der Waals surface area contributed by atoms with Crippen molar-refractivity contribution in [3.8, 4) is 5.75 Å². The first-order chi connectivity index (χ1) is 16.3. The minimum absolute atomic E-state index is 0.295. The molecule has 0 radical (unpaired) electrons. The van der Waals surface area contributed by atoms with Crippen LogP contribution >= 0.6 is 0 Å². The van der Waals surface area contributed by atoms with Crippen LogP contribution in [0, 0.1) is 5.82 Å². The number of halogens is 1. The van der Waals surface area contributed by atoms with E-state index in [1.165, 1.54) is 6.07 Å². The minimum atomic E-state index is -1.07. The van der Waals surface area contributed by atoms with E-state index in [9.17, 15) is 18.8 Å². The summed E-state index contributed by atoms with van der Waals surface area (Å²) in [6, 6.07) is 13.5. The van der Waals surface area contributed by atoms with E-state index in [0.717, 1.165) is 16.2 Å². The van der Waals surface area contributed by atoms with E-state index in [2.05, 4.69) is 5.32 Å². The van der Waals surface area contributed by atoms with Gasteiger partial charge in [-0.1, -0.05) is 24.3 Å². The van der Waals surface area contributed by atoms with Crippen LogP contribution < -0.4 is 15.0 Å². The monoisotopic (exact) mass is 468 g/mol. The average molecular weight is 469 g/mol. The molecule has 0 saturated carbocycles. The Morgan fingerprint density at radius 2 is 1.74 bits per heavy atom. The fraction of sp³-hybridized carbons (Fsp3) is 0.400. The molecule has 0 aliphatic carbocycles. The summed E-state index contributed by atoms with van der Waals surface area (Å²) in [4.78, 5) is 43.0. The van der Waals surface area contributed by atoms with Gasteiger partial charge in [-0.3, -0.25) is 14.5 Å². The zero-order valence-electron chi connectivity index (χ0n) is 19.4. The van der Waals surface area contributed by atoms with Crippen molar-refractivity contribution in [3.63, 3.8) is 0 Å². The second kappa shape index (κ2) is 9.70. The number of carbonyl (C=O) groups excluding carboxylic acids is 3. The molecule has 2 saturated heterocycles. The molecule has 2 heterocycles. The minimum Gasteiger partial charge on any atom is -0.497 e. The number of nitrogens with zero attached hydrogens (tertiary/aromatic N) is 3.